The van der Waals surface area contributed by atoms with Gasteiger partial charge < -0.3 is 9.84 Å². The van der Waals surface area contributed by atoms with Crippen LogP contribution < -0.4 is 4.74 Å². The van der Waals surface area contributed by atoms with E-state index >= 15 is 0 Å². The molecule has 0 saturated heterocycles. The molecule has 0 aliphatic carbocycles. The molecule has 2 aromatic carbocycles. The lowest BCUT2D eigenvalue weighted by molar-refractivity contribution is 0.103. The van der Waals surface area contributed by atoms with Crippen LogP contribution in [-0.2, 0) is 0 Å². The standard InChI is InChI=1S/C14H11FO3/c1-18-11-6-7-12(13(16)8-11)14(17)9-2-4-10(15)5-3-9/h2-8,16H,1H3. The summed E-state index contributed by atoms with van der Waals surface area (Å²) in [6.45, 7) is 0. The molecule has 0 fully saturated rings. The quantitative estimate of drug-likeness (QED) is 0.847. The smallest absolute Gasteiger partial charge is 0.196 e. The Hall–Kier alpha value is -2.36. The van der Waals surface area contributed by atoms with Gasteiger partial charge in [0.25, 0.3) is 0 Å². The van der Waals surface area contributed by atoms with Crippen molar-refractivity contribution in [3.8, 4) is 11.5 Å². The van der Waals surface area contributed by atoms with E-state index in [9.17, 15) is 14.3 Å². The van der Waals surface area contributed by atoms with Crippen LogP contribution in [0.1, 0.15) is 15.9 Å². The highest BCUT2D eigenvalue weighted by Crippen LogP contribution is 2.25. The largest absolute Gasteiger partial charge is 0.507 e. The van der Waals surface area contributed by atoms with Gasteiger partial charge in [0.15, 0.2) is 5.78 Å². The molecular weight excluding hydrogens is 235 g/mol. The summed E-state index contributed by atoms with van der Waals surface area (Å²) in [7, 11) is 1.47. The minimum atomic E-state index is -0.412. The van der Waals surface area contributed by atoms with Crippen LogP contribution in [0.3, 0.4) is 0 Å². The van der Waals surface area contributed by atoms with Gasteiger partial charge in [-0.1, -0.05) is 0 Å². The summed E-state index contributed by atoms with van der Waals surface area (Å²) in [4.78, 5) is 12.1. The molecular formula is C14H11FO3. The number of phenols is 1. The number of rotatable bonds is 3. The second-order valence-electron chi connectivity index (χ2n) is 3.72. The van der Waals surface area contributed by atoms with Gasteiger partial charge in [-0.3, -0.25) is 4.79 Å². The molecule has 18 heavy (non-hydrogen) atoms. The average molecular weight is 246 g/mol. The van der Waals surface area contributed by atoms with Gasteiger partial charge in [-0.25, -0.2) is 4.39 Å². The lowest BCUT2D eigenvalue weighted by Gasteiger charge is -2.06. The topological polar surface area (TPSA) is 46.5 Å². The van der Waals surface area contributed by atoms with Gasteiger partial charge in [0.05, 0.1) is 12.7 Å². The van der Waals surface area contributed by atoms with E-state index in [2.05, 4.69) is 0 Å². The number of carbonyl (C=O) groups is 1. The predicted molar refractivity (Wildman–Crippen MR) is 64.5 cm³/mol. The molecule has 92 valence electrons. The second-order valence-corrected chi connectivity index (χ2v) is 3.72. The Balaban J connectivity index is 2.37. The van der Waals surface area contributed by atoms with Crippen molar-refractivity contribution in [2.75, 3.05) is 7.11 Å². The van der Waals surface area contributed by atoms with E-state index < -0.39 is 5.82 Å². The third-order valence-corrected chi connectivity index (χ3v) is 2.56. The van der Waals surface area contributed by atoms with Gasteiger partial charge in [-0.15, -0.1) is 0 Å². The molecule has 4 heteroatoms. The van der Waals surface area contributed by atoms with Crippen LogP contribution in [0, 0.1) is 5.82 Å². The molecule has 1 N–H and O–H groups in total. The number of benzene rings is 2. The van der Waals surface area contributed by atoms with E-state index in [0.29, 0.717) is 11.3 Å². The Kier molecular flexibility index (Phi) is 3.28. The van der Waals surface area contributed by atoms with Crippen molar-refractivity contribution >= 4 is 5.78 Å². The summed E-state index contributed by atoms with van der Waals surface area (Å²) in [5.41, 5.74) is 0.472. The second kappa shape index (κ2) is 4.87. The molecule has 0 aliphatic heterocycles. The van der Waals surface area contributed by atoms with Crippen LogP contribution in [0.5, 0.6) is 11.5 Å². The van der Waals surface area contributed by atoms with Gasteiger partial charge in [0.1, 0.15) is 17.3 Å². The van der Waals surface area contributed by atoms with Crippen LogP contribution in [0.2, 0.25) is 0 Å². The van der Waals surface area contributed by atoms with E-state index in [-0.39, 0.29) is 17.1 Å². The summed E-state index contributed by atoms with van der Waals surface area (Å²) in [5, 5.41) is 9.73. The van der Waals surface area contributed by atoms with E-state index in [1.165, 1.54) is 43.5 Å². The highest BCUT2D eigenvalue weighted by atomic mass is 19.1. The SMILES string of the molecule is COc1ccc(C(=O)c2ccc(F)cc2)c(O)c1. The van der Waals surface area contributed by atoms with Crippen molar-refractivity contribution in [3.63, 3.8) is 0 Å². The number of hydrogen-bond donors (Lipinski definition) is 1. The maximum Gasteiger partial charge on any atom is 0.196 e. The predicted octanol–water partition coefficient (Wildman–Crippen LogP) is 2.77. The maximum absolute atomic E-state index is 12.8. The van der Waals surface area contributed by atoms with Gasteiger partial charge in [0, 0.05) is 11.6 Å². The van der Waals surface area contributed by atoms with Gasteiger partial charge in [-0.05, 0) is 36.4 Å². The van der Waals surface area contributed by atoms with Crippen LogP contribution in [-0.4, -0.2) is 18.0 Å². The highest BCUT2D eigenvalue weighted by molar-refractivity contribution is 6.10. The average Bonchev–Trinajstić information content (AvgIpc) is 2.38. The molecule has 2 aromatic rings. The minimum absolute atomic E-state index is 0.155. The van der Waals surface area contributed by atoms with Crippen molar-refractivity contribution < 1.29 is 19.0 Å². The van der Waals surface area contributed by atoms with Crippen LogP contribution in [0.15, 0.2) is 42.5 Å². The molecule has 0 aromatic heterocycles. The van der Waals surface area contributed by atoms with Gasteiger partial charge in [0.2, 0.25) is 0 Å². The fourth-order valence-electron chi connectivity index (χ4n) is 1.59. The first-order valence-electron chi connectivity index (χ1n) is 5.29. The molecule has 2 rings (SSSR count). The number of phenolic OH excluding ortho intramolecular Hbond substituents is 1. The normalized spacial score (nSPS) is 10.1. The Morgan fingerprint density at radius 2 is 1.83 bits per heavy atom. The summed E-state index contributed by atoms with van der Waals surface area (Å²) in [6, 6.07) is 9.57. The number of aromatic hydroxyl groups is 1. The fraction of sp³-hybridized carbons (Fsp3) is 0.0714. The van der Waals surface area contributed by atoms with Gasteiger partial charge >= 0.3 is 0 Å². The molecule has 0 unspecified atom stereocenters. The summed E-state index contributed by atoms with van der Waals surface area (Å²) < 4.78 is 17.7. The third kappa shape index (κ3) is 2.32. The lowest BCUT2D eigenvalue weighted by Crippen LogP contribution is -2.01. The number of carbonyl (C=O) groups excluding carboxylic acids is 1. The summed E-state index contributed by atoms with van der Waals surface area (Å²) in [6.07, 6.45) is 0. The molecule has 0 heterocycles. The van der Waals surface area contributed by atoms with Crippen molar-refractivity contribution in [2.24, 2.45) is 0 Å². The summed E-state index contributed by atoms with van der Waals surface area (Å²) >= 11 is 0. The minimum Gasteiger partial charge on any atom is -0.507 e. The third-order valence-electron chi connectivity index (χ3n) is 2.56. The first-order valence-corrected chi connectivity index (χ1v) is 5.29. The monoisotopic (exact) mass is 246 g/mol. The Morgan fingerprint density at radius 1 is 1.17 bits per heavy atom. The highest BCUT2D eigenvalue weighted by Gasteiger charge is 2.14. The fourth-order valence-corrected chi connectivity index (χ4v) is 1.59. The number of methoxy groups -OCH3 is 1. The zero-order chi connectivity index (χ0) is 13.1. The molecule has 3 nitrogen and oxygen atoms in total. The number of ketones is 1. The maximum atomic E-state index is 12.8. The Morgan fingerprint density at radius 3 is 2.39 bits per heavy atom. The van der Waals surface area contributed by atoms with Crippen LogP contribution in [0.25, 0.3) is 0 Å². The van der Waals surface area contributed by atoms with Crippen LogP contribution >= 0.6 is 0 Å². The Bertz CT molecular complexity index is 576. The number of halogens is 1. The van der Waals surface area contributed by atoms with Crippen molar-refractivity contribution in [1.82, 2.24) is 0 Å². The van der Waals surface area contributed by atoms with Crippen molar-refractivity contribution in [1.29, 1.82) is 0 Å². The molecule has 0 bridgehead atoms. The molecule has 0 saturated carbocycles. The van der Waals surface area contributed by atoms with E-state index in [0.717, 1.165) is 0 Å². The molecule has 0 atom stereocenters. The summed E-state index contributed by atoms with van der Waals surface area (Å²) in [5.74, 6) is -0.479. The number of ether oxygens (including phenoxy) is 1. The van der Waals surface area contributed by atoms with E-state index in [1.807, 2.05) is 0 Å². The molecule has 0 aliphatic rings. The van der Waals surface area contributed by atoms with Crippen molar-refractivity contribution in [3.05, 3.63) is 59.4 Å². The van der Waals surface area contributed by atoms with E-state index in [1.54, 1.807) is 6.07 Å². The Labute approximate surface area is 103 Å². The molecule has 0 spiro atoms. The first kappa shape index (κ1) is 12.1. The van der Waals surface area contributed by atoms with Gasteiger partial charge in [-0.2, -0.15) is 0 Å². The zero-order valence-corrected chi connectivity index (χ0v) is 9.68. The van der Waals surface area contributed by atoms with Crippen LogP contribution in [0.4, 0.5) is 4.39 Å². The lowest BCUT2D eigenvalue weighted by atomic mass is 10.0. The first-order chi connectivity index (χ1) is 8.61. The number of hydrogen-bond acceptors (Lipinski definition) is 3. The molecule has 0 amide bonds. The van der Waals surface area contributed by atoms with E-state index in [4.69, 9.17) is 4.74 Å². The zero-order valence-electron chi connectivity index (χ0n) is 9.68. The molecule has 0 radical (unpaired) electrons. The van der Waals surface area contributed by atoms with Crippen molar-refractivity contribution in [2.45, 2.75) is 0 Å².